The van der Waals surface area contributed by atoms with E-state index in [2.05, 4.69) is 10.4 Å². The first-order valence-electron chi connectivity index (χ1n) is 8.04. The predicted octanol–water partition coefficient (Wildman–Crippen LogP) is 2.36. The third-order valence-corrected chi connectivity index (χ3v) is 5.01. The minimum absolute atomic E-state index is 0.205. The van der Waals surface area contributed by atoms with E-state index in [0.717, 1.165) is 24.1 Å². The second kappa shape index (κ2) is 5.57. The van der Waals surface area contributed by atoms with E-state index < -0.39 is 11.6 Å². The Morgan fingerprint density at radius 2 is 2.04 bits per heavy atom. The molecule has 4 rings (SSSR count). The highest BCUT2D eigenvalue weighted by atomic mass is 35.5. The molecule has 126 valence electrons. The zero-order chi connectivity index (χ0) is 16.9. The summed E-state index contributed by atoms with van der Waals surface area (Å²) in [6.07, 6.45) is 2.43. The van der Waals surface area contributed by atoms with Gasteiger partial charge in [0.05, 0.1) is 16.4 Å². The summed E-state index contributed by atoms with van der Waals surface area (Å²) in [6, 6.07) is 7.34. The summed E-state index contributed by atoms with van der Waals surface area (Å²) in [7, 11) is 0. The number of hydrogen-bond donors (Lipinski definition) is 2. The summed E-state index contributed by atoms with van der Waals surface area (Å²) >= 11 is 6.31. The lowest BCUT2D eigenvalue weighted by Gasteiger charge is -2.35. The van der Waals surface area contributed by atoms with Crippen LogP contribution in [0.5, 0.6) is 0 Å². The van der Waals surface area contributed by atoms with Crippen molar-refractivity contribution in [3.05, 3.63) is 46.2 Å². The number of nitrogens with one attached hydrogen (secondary N) is 1. The van der Waals surface area contributed by atoms with Crippen LogP contribution in [0.3, 0.4) is 0 Å². The maximum Gasteiger partial charge on any atom is 0.269 e. The molecule has 0 bridgehead atoms. The number of hydrogen-bond acceptors (Lipinski definition) is 3. The van der Waals surface area contributed by atoms with Gasteiger partial charge in [0, 0.05) is 25.4 Å². The first kappa shape index (κ1) is 15.6. The number of nitrogens with zero attached hydrogens (tertiary/aromatic N) is 2. The fraction of sp³-hybridized carbons (Fsp3) is 0.412. The summed E-state index contributed by atoms with van der Waals surface area (Å²) in [4.78, 5) is 11.8. The minimum Gasteiger partial charge on any atom is -0.364 e. The molecule has 7 heteroatoms. The van der Waals surface area contributed by atoms with Crippen molar-refractivity contribution in [1.82, 2.24) is 15.1 Å². The highest BCUT2D eigenvalue weighted by molar-refractivity contribution is 6.34. The van der Waals surface area contributed by atoms with Crippen molar-refractivity contribution in [1.29, 1.82) is 0 Å². The Morgan fingerprint density at radius 1 is 1.38 bits per heavy atom. The Labute approximate surface area is 144 Å². The van der Waals surface area contributed by atoms with Crippen LogP contribution in [0.25, 0.3) is 5.69 Å². The van der Waals surface area contributed by atoms with Gasteiger partial charge in [0.1, 0.15) is 5.67 Å². The van der Waals surface area contributed by atoms with Gasteiger partial charge in [0.15, 0.2) is 5.69 Å². The number of primary amides is 1. The van der Waals surface area contributed by atoms with Crippen LogP contribution in [-0.4, -0.2) is 34.4 Å². The number of nitrogens with two attached hydrogens (primary N) is 1. The Kier molecular flexibility index (Phi) is 3.62. The van der Waals surface area contributed by atoms with Crippen LogP contribution in [0.1, 0.15) is 40.5 Å². The first-order chi connectivity index (χ1) is 11.5. The first-order valence-corrected chi connectivity index (χ1v) is 8.42. The number of halogens is 2. The molecule has 1 saturated carbocycles. The summed E-state index contributed by atoms with van der Waals surface area (Å²) < 4.78 is 15.7. The van der Waals surface area contributed by atoms with Gasteiger partial charge in [-0.05, 0) is 30.5 Å². The van der Waals surface area contributed by atoms with Gasteiger partial charge < -0.3 is 11.1 Å². The number of rotatable bonds is 5. The number of carbonyl (C=O) groups excluding carboxylic acids is 1. The maximum atomic E-state index is 14.2. The molecule has 0 atom stereocenters. The second-order valence-corrected chi connectivity index (χ2v) is 7.07. The normalized spacial score (nSPS) is 19.1. The average Bonchev–Trinajstić information content (AvgIpc) is 3.29. The van der Waals surface area contributed by atoms with Crippen LogP contribution in [0.15, 0.2) is 24.3 Å². The van der Waals surface area contributed by atoms with E-state index >= 15 is 0 Å². The maximum absolute atomic E-state index is 14.2. The molecule has 3 N–H and O–H groups in total. The summed E-state index contributed by atoms with van der Waals surface area (Å²) in [5.41, 5.74) is 6.87. The zero-order valence-electron chi connectivity index (χ0n) is 13.1. The topological polar surface area (TPSA) is 72.9 Å². The lowest BCUT2D eigenvalue weighted by Crippen LogP contribution is -2.57. The summed E-state index contributed by atoms with van der Waals surface area (Å²) in [5, 5.41) is 7.79. The molecular weight excluding hydrogens is 331 g/mol. The lowest BCUT2D eigenvalue weighted by molar-refractivity contribution is 0.0911. The number of aromatic nitrogens is 2. The molecule has 1 saturated heterocycles. The van der Waals surface area contributed by atoms with Gasteiger partial charge >= 0.3 is 0 Å². The highest BCUT2D eigenvalue weighted by Gasteiger charge is 2.37. The van der Waals surface area contributed by atoms with Crippen LogP contribution in [0.2, 0.25) is 5.02 Å². The van der Waals surface area contributed by atoms with E-state index in [-0.39, 0.29) is 5.69 Å². The molecule has 0 radical (unpaired) electrons. The monoisotopic (exact) mass is 348 g/mol. The van der Waals surface area contributed by atoms with E-state index in [9.17, 15) is 9.18 Å². The van der Waals surface area contributed by atoms with Crippen LogP contribution < -0.4 is 11.1 Å². The van der Waals surface area contributed by atoms with Gasteiger partial charge in [-0.15, -0.1) is 0 Å². The van der Waals surface area contributed by atoms with Gasteiger partial charge in [-0.1, -0.05) is 23.7 Å². The van der Waals surface area contributed by atoms with E-state index in [1.807, 2.05) is 24.3 Å². The molecule has 1 amide bonds. The summed E-state index contributed by atoms with van der Waals surface area (Å²) in [5.74, 6) is -0.291. The smallest absolute Gasteiger partial charge is 0.269 e. The highest BCUT2D eigenvalue weighted by Crippen LogP contribution is 2.43. The molecule has 24 heavy (non-hydrogen) atoms. The lowest BCUT2D eigenvalue weighted by atomic mass is 9.91. The van der Waals surface area contributed by atoms with Crippen molar-refractivity contribution in [3.63, 3.8) is 0 Å². The van der Waals surface area contributed by atoms with Gasteiger partial charge in [0.25, 0.3) is 5.91 Å². The Hall–Kier alpha value is -1.92. The predicted molar refractivity (Wildman–Crippen MR) is 89.5 cm³/mol. The molecular formula is C17H18ClFN4O. The van der Waals surface area contributed by atoms with Gasteiger partial charge in [-0.2, -0.15) is 5.10 Å². The van der Waals surface area contributed by atoms with Crippen molar-refractivity contribution < 1.29 is 9.18 Å². The number of alkyl halides is 1. The van der Waals surface area contributed by atoms with Crippen molar-refractivity contribution in [2.24, 2.45) is 5.73 Å². The third kappa shape index (κ3) is 2.70. The summed E-state index contributed by atoms with van der Waals surface area (Å²) in [6.45, 7) is 0.778. The molecule has 2 fully saturated rings. The van der Waals surface area contributed by atoms with E-state index in [0.29, 0.717) is 36.1 Å². The van der Waals surface area contributed by atoms with E-state index in [1.54, 1.807) is 0 Å². The zero-order valence-corrected chi connectivity index (χ0v) is 13.8. The van der Waals surface area contributed by atoms with E-state index in [1.165, 1.54) is 4.68 Å². The fourth-order valence-electron chi connectivity index (χ4n) is 3.08. The molecule has 5 nitrogen and oxygen atoms in total. The molecule has 2 heterocycles. The quantitative estimate of drug-likeness (QED) is 0.871. The Balaban J connectivity index is 1.65. The van der Waals surface area contributed by atoms with Crippen molar-refractivity contribution in [3.8, 4) is 5.69 Å². The van der Waals surface area contributed by atoms with E-state index in [4.69, 9.17) is 17.3 Å². The largest absolute Gasteiger partial charge is 0.364 e. The standard InChI is InChI=1S/C17H18ClFN4O/c18-13-14(11-3-4-11)22-23(15(13)16(20)24)12-5-1-10(2-6-12)7-17(19)8-21-9-17/h1-2,5-6,11,21H,3-4,7-9H2,(H2,20,24). The van der Waals surface area contributed by atoms with Crippen molar-refractivity contribution in [2.75, 3.05) is 13.1 Å². The van der Waals surface area contributed by atoms with Crippen molar-refractivity contribution in [2.45, 2.75) is 30.8 Å². The number of carbonyl (C=O) groups is 1. The second-order valence-electron chi connectivity index (χ2n) is 6.70. The molecule has 2 aromatic rings. The number of amides is 1. The average molecular weight is 349 g/mol. The van der Waals surface area contributed by atoms with Gasteiger partial charge in [-0.3, -0.25) is 4.79 Å². The van der Waals surface area contributed by atoms with Crippen LogP contribution in [-0.2, 0) is 6.42 Å². The van der Waals surface area contributed by atoms with Crippen LogP contribution in [0, 0.1) is 0 Å². The van der Waals surface area contributed by atoms with Gasteiger partial charge in [0.2, 0.25) is 0 Å². The van der Waals surface area contributed by atoms with Crippen LogP contribution in [0.4, 0.5) is 4.39 Å². The molecule has 1 aromatic heterocycles. The minimum atomic E-state index is -1.16. The Morgan fingerprint density at radius 3 is 2.54 bits per heavy atom. The molecule has 1 aromatic carbocycles. The molecule has 1 aliphatic heterocycles. The third-order valence-electron chi connectivity index (χ3n) is 4.64. The molecule has 0 unspecified atom stereocenters. The Bertz CT molecular complexity index is 794. The fourth-order valence-corrected chi connectivity index (χ4v) is 3.44. The van der Waals surface area contributed by atoms with Crippen molar-refractivity contribution >= 4 is 17.5 Å². The molecule has 0 spiro atoms. The SMILES string of the molecule is NC(=O)c1c(Cl)c(C2CC2)nn1-c1ccc(CC2(F)CNC2)cc1. The van der Waals surface area contributed by atoms with Gasteiger partial charge in [-0.25, -0.2) is 9.07 Å². The van der Waals surface area contributed by atoms with Crippen LogP contribution >= 0.6 is 11.6 Å². The molecule has 1 aliphatic carbocycles. The number of benzene rings is 1. The molecule has 2 aliphatic rings.